The summed E-state index contributed by atoms with van der Waals surface area (Å²) in [5.41, 5.74) is 1.60. The first-order chi connectivity index (χ1) is 18.4. The molecule has 1 saturated carbocycles. The van der Waals surface area contributed by atoms with Crippen LogP contribution in [0.15, 0.2) is 23.0 Å². The number of benzene rings is 1. The van der Waals surface area contributed by atoms with Gasteiger partial charge in [-0.3, -0.25) is 19.3 Å². The van der Waals surface area contributed by atoms with Crippen molar-refractivity contribution in [3.63, 3.8) is 0 Å². The highest BCUT2D eigenvalue weighted by Gasteiger charge is 2.64. The first-order valence-corrected chi connectivity index (χ1v) is 13.3. The molecule has 1 aliphatic heterocycles. The highest BCUT2D eigenvalue weighted by atomic mass is 19.1. The summed E-state index contributed by atoms with van der Waals surface area (Å²) in [5.74, 6) is -8.02. The molecule has 1 amide bonds. The number of phenolic OH excluding ortho intramolecular Hbond substituents is 1. The number of carbonyl (C=O) groups is 3. The first kappa shape index (κ1) is 27.3. The standard InChI is InChI=1S/C28H34FN3O7/c1-31(2)21-16-11-14-10-15-17(29)12-13(6-5-9-32-7-3-4-8-32)22(33)19(15)23(34)18(14)25(36)28(16,39)26(37)20(24(21)35)27(30)38/h12,14,16,21,33-34,37,39H,3-11H2,1-2H3,(H2,30,38)/t14-,16-,21-,28-/m0/s1. The number of Topliss-reactive ketones (excluding diaryl/α,β-unsaturated/α-hetero) is 2. The predicted molar refractivity (Wildman–Crippen MR) is 138 cm³/mol. The Morgan fingerprint density at radius 1 is 1.21 bits per heavy atom. The SMILES string of the molecule is CN(C)[C@@H]1C(=O)C(C(N)=O)=C(O)[C@@]2(O)C(=O)C3=C(O)c4c(O)c(CCCN5CCCC5)cc(F)c4C[C@H]3C[C@@H]12. The maximum Gasteiger partial charge on any atom is 0.255 e. The van der Waals surface area contributed by atoms with Gasteiger partial charge in [0.25, 0.3) is 5.91 Å². The van der Waals surface area contributed by atoms with Crippen molar-refractivity contribution in [2.45, 2.75) is 50.2 Å². The van der Waals surface area contributed by atoms with Crippen molar-refractivity contribution < 1.29 is 39.2 Å². The third-order valence-electron chi connectivity index (χ3n) is 8.86. The molecule has 10 nitrogen and oxygen atoms in total. The molecule has 210 valence electrons. The Morgan fingerprint density at radius 2 is 1.87 bits per heavy atom. The molecule has 3 aliphatic carbocycles. The molecule has 0 unspecified atom stereocenters. The van der Waals surface area contributed by atoms with Crippen LogP contribution in [-0.2, 0) is 27.2 Å². The van der Waals surface area contributed by atoms with Gasteiger partial charge in [0.05, 0.1) is 11.6 Å². The highest BCUT2D eigenvalue weighted by Crippen LogP contribution is 2.53. The van der Waals surface area contributed by atoms with E-state index in [1.165, 1.54) is 25.1 Å². The summed E-state index contributed by atoms with van der Waals surface area (Å²) in [6.45, 7) is 2.80. The fraction of sp³-hybridized carbons (Fsp3) is 0.536. The second kappa shape index (κ2) is 9.72. The number of fused-ring (bicyclic) bond motifs is 3. The minimum atomic E-state index is -2.72. The largest absolute Gasteiger partial charge is 0.508 e. The van der Waals surface area contributed by atoms with Gasteiger partial charge in [-0.15, -0.1) is 0 Å². The minimum Gasteiger partial charge on any atom is -0.508 e. The highest BCUT2D eigenvalue weighted by molar-refractivity contribution is 6.24. The number of aliphatic hydroxyl groups excluding tert-OH is 2. The van der Waals surface area contributed by atoms with Gasteiger partial charge < -0.3 is 31.1 Å². The Kier molecular flexibility index (Phi) is 6.80. The molecule has 5 rings (SSSR count). The summed E-state index contributed by atoms with van der Waals surface area (Å²) in [6, 6.07) is 0.0800. The van der Waals surface area contributed by atoms with Crippen LogP contribution in [0.5, 0.6) is 5.75 Å². The van der Waals surface area contributed by atoms with Gasteiger partial charge in [-0.1, -0.05) is 0 Å². The number of hydrogen-bond donors (Lipinski definition) is 5. The maximum atomic E-state index is 15.4. The molecule has 2 fully saturated rings. The Bertz CT molecular complexity index is 1330. The smallest absolute Gasteiger partial charge is 0.255 e. The van der Waals surface area contributed by atoms with E-state index in [4.69, 9.17) is 5.73 Å². The monoisotopic (exact) mass is 543 g/mol. The van der Waals surface area contributed by atoms with Gasteiger partial charge in [-0.05, 0) is 89.8 Å². The van der Waals surface area contributed by atoms with Gasteiger partial charge in [-0.25, -0.2) is 4.39 Å². The molecule has 0 radical (unpaired) electrons. The molecule has 1 heterocycles. The third kappa shape index (κ3) is 4.06. The number of nitrogens with two attached hydrogens (primary N) is 1. The zero-order valence-electron chi connectivity index (χ0n) is 22.0. The summed E-state index contributed by atoms with van der Waals surface area (Å²) in [6.07, 6.45) is 3.15. The van der Waals surface area contributed by atoms with Crippen LogP contribution in [0.1, 0.15) is 42.4 Å². The van der Waals surface area contributed by atoms with Crippen LogP contribution in [0.2, 0.25) is 0 Å². The number of aromatic hydroxyl groups is 1. The number of aryl methyl sites for hydroxylation is 1. The molecular formula is C28H34FN3O7. The molecular weight excluding hydrogens is 509 g/mol. The van der Waals surface area contributed by atoms with Gasteiger partial charge in [-0.2, -0.15) is 0 Å². The van der Waals surface area contributed by atoms with Gasteiger partial charge in [0.15, 0.2) is 11.4 Å². The quantitative estimate of drug-likeness (QED) is 0.331. The molecule has 0 aromatic heterocycles. The number of likely N-dealkylation sites (N-methyl/N-ethyl adjacent to an activating group) is 1. The molecule has 11 heteroatoms. The molecule has 39 heavy (non-hydrogen) atoms. The molecule has 4 atom stereocenters. The zero-order chi connectivity index (χ0) is 28.4. The van der Waals surface area contributed by atoms with Crippen molar-refractivity contribution in [1.29, 1.82) is 0 Å². The Hall–Kier alpha value is -3.28. The lowest BCUT2D eigenvalue weighted by Gasteiger charge is -2.50. The van der Waals surface area contributed by atoms with Crippen LogP contribution < -0.4 is 5.73 Å². The second-order valence-corrected chi connectivity index (χ2v) is 11.3. The van der Waals surface area contributed by atoms with Crippen LogP contribution in [-0.4, -0.2) is 93.1 Å². The number of rotatable bonds is 6. The van der Waals surface area contributed by atoms with E-state index < -0.39 is 63.9 Å². The Labute approximate surface area is 225 Å². The van der Waals surface area contributed by atoms with Crippen molar-refractivity contribution in [1.82, 2.24) is 9.80 Å². The van der Waals surface area contributed by atoms with Crippen LogP contribution in [0, 0.1) is 17.7 Å². The summed E-state index contributed by atoms with van der Waals surface area (Å²) >= 11 is 0. The summed E-state index contributed by atoms with van der Waals surface area (Å²) < 4.78 is 15.4. The van der Waals surface area contributed by atoms with Gasteiger partial charge in [0.1, 0.15) is 28.7 Å². The van der Waals surface area contributed by atoms with Crippen molar-refractivity contribution >= 4 is 23.2 Å². The van der Waals surface area contributed by atoms with E-state index >= 15 is 4.39 Å². The molecule has 1 saturated heterocycles. The maximum absolute atomic E-state index is 15.4. The lowest BCUT2D eigenvalue weighted by atomic mass is 9.57. The van der Waals surface area contributed by atoms with E-state index in [0.29, 0.717) is 18.4 Å². The van der Waals surface area contributed by atoms with E-state index in [0.717, 1.165) is 32.5 Å². The van der Waals surface area contributed by atoms with Crippen molar-refractivity contribution in [3.8, 4) is 5.75 Å². The van der Waals surface area contributed by atoms with E-state index in [-0.39, 0.29) is 35.3 Å². The van der Waals surface area contributed by atoms with E-state index in [2.05, 4.69) is 4.90 Å². The number of likely N-dealkylation sites (tertiary alicyclic amines) is 1. The number of carbonyl (C=O) groups excluding carboxylic acids is 3. The molecule has 1 aromatic rings. The zero-order valence-corrected chi connectivity index (χ0v) is 22.0. The van der Waals surface area contributed by atoms with Crippen LogP contribution in [0.3, 0.4) is 0 Å². The average molecular weight is 544 g/mol. The summed E-state index contributed by atoms with van der Waals surface area (Å²) in [5, 5.41) is 44.9. The fourth-order valence-corrected chi connectivity index (χ4v) is 7.01. The molecule has 6 N–H and O–H groups in total. The van der Waals surface area contributed by atoms with Crippen molar-refractivity contribution in [2.75, 3.05) is 33.7 Å². The van der Waals surface area contributed by atoms with Crippen LogP contribution in [0.25, 0.3) is 5.76 Å². The van der Waals surface area contributed by atoms with Crippen molar-refractivity contribution in [3.05, 3.63) is 45.5 Å². The Morgan fingerprint density at radius 3 is 2.49 bits per heavy atom. The average Bonchev–Trinajstić information content (AvgIpc) is 3.37. The number of amides is 1. The minimum absolute atomic E-state index is 0.0430. The first-order valence-electron chi connectivity index (χ1n) is 13.3. The molecule has 0 spiro atoms. The number of phenols is 1. The summed E-state index contributed by atoms with van der Waals surface area (Å²) in [4.78, 5) is 42.8. The van der Waals surface area contributed by atoms with E-state index in [9.17, 15) is 34.8 Å². The second-order valence-electron chi connectivity index (χ2n) is 11.3. The summed E-state index contributed by atoms with van der Waals surface area (Å²) in [7, 11) is 3.05. The number of aliphatic hydroxyl groups is 3. The lowest BCUT2D eigenvalue weighted by molar-refractivity contribution is -0.153. The van der Waals surface area contributed by atoms with E-state index in [1.54, 1.807) is 0 Å². The third-order valence-corrected chi connectivity index (χ3v) is 8.86. The molecule has 0 bridgehead atoms. The van der Waals surface area contributed by atoms with Crippen LogP contribution >= 0.6 is 0 Å². The van der Waals surface area contributed by atoms with E-state index in [1.807, 2.05) is 0 Å². The number of ketones is 2. The van der Waals surface area contributed by atoms with Gasteiger partial charge in [0.2, 0.25) is 5.78 Å². The van der Waals surface area contributed by atoms with Gasteiger partial charge >= 0.3 is 0 Å². The van der Waals surface area contributed by atoms with Crippen LogP contribution in [0.4, 0.5) is 4.39 Å². The number of halogens is 1. The fourth-order valence-electron chi connectivity index (χ4n) is 7.01. The lowest BCUT2D eigenvalue weighted by Crippen LogP contribution is -2.65. The van der Waals surface area contributed by atoms with Gasteiger partial charge in [0, 0.05) is 17.1 Å². The number of nitrogens with zero attached hydrogens (tertiary/aromatic N) is 2. The topological polar surface area (TPSA) is 165 Å². The predicted octanol–water partition coefficient (Wildman–Crippen LogP) is 1.13. The number of primary amides is 1. The number of hydrogen-bond acceptors (Lipinski definition) is 9. The normalized spacial score (nSPS) is 29.1. The Balaban J connectivity index is 1.58. The molecule has 4 aliphatic rings. The van der Waals surface area contributed by atoms with Crippen molar-refractivity contribution in [2.24, 2.45) is 17.6 Å². The molecule has 1 aromatic carbocycles.